The van der Waals surface area contributed by atoms with Gasteiger partial charge in [-0.05, 0) is 71.7 Å². The van der Waals surface area contributed by atoms with Crippen molar-refractivity contribution in [1.82, 2.24) is 0 Å². The van der Waals surface area contributed by atoms with Gasteiger partial charge in [0.2, 0.25) is 0 Å². The minimum absolute atomic E-state index is 0.285. The maximum Gasteiger partial charge on any atom is 0.418 e. The summed E-state index contributed by atoms with van der Waals surface area (Å²) in [7, 11) is 0. The Morgan fingerprint density at radius 2 is 1.68 bits per heavy atom. The van der Waals surface area contributed by atoms with Crippen LogP contribution in [-0.4, -0.2) is 6.03 Å². The normalized spacial score (nSPS) is 15.8. The zero-order valence-electron chi connectivity index (χ0n) is 17.1. The van der Waals surface area contributed by atoms with E-state index >= 15 is 0 Å². The molecule has 1 atom stereocenters. The van der Waals surface area contributed by atoms with Crippen LogP contribution in [0.15, 0.2) is 66.7 Å². The number of hydrogen-bond acceptors (Lipinski definition) is 1. The van der Waals surface area contributed by atoms with E-state index in [1.54, 1.807) is 6.07 Å². The molecule has 160 valence electrons. The zero-order chi connectivity index (χ0) is 22.0. The third-order valence-corrected chi connectivity index (χ3v) is 5.62. The summed E-state index contributed by atoms with van der Waals surface area (Å²) in [4.78, 5) is 12.3. The van der Waals surface area contributed by atoms with Crippen molar-refractivity contribution in [3.05, 3.63) is 83.4 Å². The molecule has 0 fully saturated rings. The summed E-state index contributed by atoms with van der Waals surface area (Å²) in [5.74, 6) is 0.666. The molecule has 31 heavy (non-hydrogen) atoms. The molecular formula is C25H23F3N2O. The molecule has 2 amide bonds. The van der Waals surface area contributed by atoms with Gasteiger partial charge in [-0.25, -0.2) is 4.79 Å². The molecule has 2 N–H and O–H groups in total. The van der Waals surface area contributed by atoms with Gasteiger partial charge >= 0.3 is 12.2 Å². The number of carbonyl (C=O) groups excluding carboxylic acids is 1. The van der Waals surface area contributed by atoms with E-state index < -0.39 is 17.8 Å². The number of nitrogens with one attached hydrogen (secondary N) is 2. The smallest absolute Gasteiger partial charge is 0.308 e. The summed E-state index contributed by atoms with van der Waals surface area (Å²) in [6.45, 7) is 2.26. The van der Waals surface area contributed by atoms with Crippen LogP contribution in [0, 0.1) is 5.92 Å². The van der Waals surface area contributed by atoms with Gasteiger partial charge in [-0.15, -0.1) is 0 Å². The summed E-state index contributed by atoms with van der Waals surface area (Å²) in [5.41, 5.74) is 4.07. The molecule has 3 aromatic carbocycles. The van der Waals surface area contributed by atoms with Crippen molar-refractivity contribution in [2.75, 3.05) is 10.6 Å². The van der Waals surface area contributed by atoms with Crippen LogP contribution < -0.4 is 10.6 Å². The number of alkyl halides is 3. The van der Waals surface area contributed by atoms with E-state index in [1.165, 1.54) is 35.7 Å². The van der Waals surface area contributed by atoms with E-state index in [2.05, 4.69) is 35.8 Å². The Kier molecular flexibility index (Phi) is 5.72. The molecular weight excluding hydrogens is 401 g/mol. The number of aryl methyl sites for hydroxylation is 1. The molecule has 0 aliphatic heterocycles. The van der Waals surface area contributed by atoms with E-state index in [4.69, 9.17) is 0 Å². The first-order chi connectivity index (χ1) is 14.8. The van der Waals surface area contributed by atoms with Gasteiger partial charge in [0, 0.05) is 5.69 Å². The number of hydrogen-bond donors (Lipinski definition) is 2. The Labute approximate surface area is 179 Å². The molecule has 4 rings (SSSR count). The number of amides is 2. The second-order valence-electron chi connectivity index (χ2n) is 8.03. The Hall–Kier alpha value is -3.28. The number of halogens is 3. The molecule has 3 nitrogen and oxygen atoms in total. The Balaban J connectivity index is 1.51. The fourth-order valence-corrected chi connectivity index (χ4v) is 4.02. The van der Waals surface area contributed by atoms with Crippen LogP contribution in [0.1, 0.15) is 30.0 Å². The minimum Gasteiger partial charge on any atom is -0.308 e. The lowest BCUT2D eigenvalue weighted by Gasteiger charge is -2.22. The topological polar surface area (TPSA) is 41.1 Å². The predicted octanol–water partition coefficient (Wildman–Crippen LogP) is 7.14. The highest BCUT2D eigenvalue weighted by Gasteiger charge is 2.33. The quantitative estimate of drug-likeness (QED) is 0.461. The minimum atomic E-state index is -4.55. The van der Waals surface area contributed by atoms with E-state index in [0.29, 0.717) is 11.6 Å². The summed E-state index contributed by atoms with van der Waals surface area (Å²) < 4.78 is 39.4. The average molecular weight is 424 g/mol. The van der Waals surface area contributed by atoms with Gasteiger partial charge in [0.1, 0.15) is 0 Å². The number of fused-ring (bicyclic) bond motifs is 1. The van der Waals surface area contributed by atoms with Crippen LogP contribution >= 0.6 is 0 Å². The number of rotatable bonds is 3. The fraction of sp³-hybridized carbons (Fsp3) is 0.240. The summed E-state index contributed by atoms with van der Waals surface area (Å²) in [6, 6.07) is 17.9. The Morgan fingerprint density at radius 1 is 0.903 bits per heavy atom. The van der Waals surface area contributed by atoms with Crippen LogP contribution in [0.2, 0.25) is 0 Å². The van der Waals surface area contributed by atoms with E-state index in [9.17, 15) is 18.0 Å². The van der Waals surface area contributed by atoms with Crippen molar-refractivity contribution >= 4 is 17.4 Å². The predicted molar refractivity (Wildman–Crippen MR) is 117 cm³/mol. The van der Waals surface area contributed by atoms with Gasteiger partial charge in [-0.2, -0.15) is 13.2 Å². The molecule has 0 heterocycles. The van der Waals surface area contributed by atoms with Gasteiger partial charge in [0.05, 0.1) is 11.3 Å². The molecule has 1 aliphatic carbocycles. The standard InChI is InChI=1S/C25H23F3N2O/c1-16-9-10-17-11-12-19(14-20(17)13-16)18-5-4-6-21(15-18)29-24(31)30-23-8-3-2-7-22(23)25(26,27)28/h2-8,11-12,14-16H,9-10,13H2,1H3,(H2,29,30,31). The maximum atomic E-state index is 13.1. The lowest BCUT2D eigenvalue weighted by atomic mass is 9.83. The lowest BCUT2D eigenvalue weighted by molar-refractivity contribution is -0.136. The van der Waals surface area contributed by atoms with Gasteiger partial charge in [0.15, 0.2) is 0 Å². The molecule has 0 aromatic heterocycles. The molecule has 6 heteroatoms. The zero-order valence-corrected chi connectivity index (χ0v) is 17.1. The lowest BCUT2D eigenvalue weighted by Crippen LogP contribution is -2.21. The molecule has 3 aromatic rings. The van der Waals surface area contributed by atoms with Crippen LogP contribution in [0.25, 0.3) is 11.1 Å². The SMILES string of the molecule is CC1CCc2ccc(-c3cccc(NC(=O)Nc4ccccc4C(F)(F)F)c3)cc2C1. The van der Waals surface area contributed by atoms with E-state index in [-0.39, 0.29) is 5.69 Å². The van der Waals surface area contributed by atoms with Gasteiger partial charge in [0.25, 0.3) is 0 Å². The highest BCUT2D eigenvalue weighted by atomic mass is 19.4. The van der Waals surface area contributed by atoms with Crippen LogP contribution in [0.5, 0.6) is 0 Å². The second kappa shape index (κ2) is 8.46. The molecule has 0 radical (unpaired) electrons. The summed E-state index contributed by atoms with van der Waals surface area (Å²) >= 11 is 0. The van der Waals surface area contributed by atoms with Gasteiger partial charge in [-0.1, -0.05) is 49.4 Å². The molecule has 0 saturated carbocycles. The Bertz CT molecular complexity index is 1110. The number of urea groups is 1. The van der Waals surface area contributed by atoms with Crippen LogP contribution in [0.3, 0.4) is 0 Å². The van der Waals surface area contributed by atoms with Gasteiger partial charge in [-0.3, -0.25) is 0 Å². The van der Waals surface area contributed by atoms with Crippen molar-refractivity contribution in [3.8, 4) is 11.1 Å². The second-order valence-corrected chi connectivity index (χ2v) is 8.03. The van der Waals surface area contributed by atoms with Crippen molar-refractivity contribution in [1.29, 1.82) is 0 Å². The highest BCUT2D eigenvalue weighted by Crippen LogP contribution is 2.35. The first-order valence-corrected chi connectivity index (χ1v) is 10.3. The van der Waals surface area contributed by atoms with E-state index in [0.717, 1.165) is 30.0 Å². The summed E-state index contributed by atoms with van der Waals surface area (Å²) in [5, 5.41) is 4.93. The largest absolute Gasteiger partial charge is 0.418 e. The van der Waals surface area contributed by atoms with Crippen molar-refractivity contribution in [3.63, 3.8) is 0 Å². The first kappa shape index (κ1) is 21.0. The maximum absolute atomic E-state index is 13.1. The van der Waals surface area contributed by atoms with Crippen molar-refractivity contribution in [2.24, 2.45) is 5.92 Å². The van der Waals surface area contributed by atoms with Crippen LogP contribution in [0.4, 0.5) is 29.3 Å². The van der Waals surface area contributed by atoms with Gasteiger partial charge < -0.3 is 10.6 Å². The van der Waals surface area contributed by atoms with Crippen molar-refractivity contribution < 1.29 is 18.0 Å². The number of benzene rings is 3. The van der Waals surface area contributed by atoms with Crippen LogP contribution in [-0.2, 0) is 19.0 Å². The molecule has 0 bridgehead atoms. The third kappa shape index (κ3) is 4.90. The highest BCUT2D eigenvalue weighted by molar-refractivity contribution is 6.00. The number of para-hydroxylation sites is 1. The monoisotopic (exact) mass is 424 g/mol. The average Bonchev–Trinajstić information content (AvgIpc) is 2.73. The summed E-state index contributed by atoms with van der Waals surface area (Å²) in [6.07, 6.45) is -1.19. The fourth-order valence-electron chi connectivity index (χ4n) is 4.02. The van der Waals surface area contributed by atoms with E-state index in [1.807, 2.05) is 18.2 Å². The number of carbonyl (C=O) groups is 1. The molecule has 1 unspecified atom stereocenters. The Morgan fingerprint density at radius 3 is 2.48 bits per heavy atom. The molecule has 0 spiro atoms. The number of anilines is 2. The molecule has 1 aliphatic rings. The molecule has 0 saturated heterocycles. The first-order valence-electron chi connectivity index (χ1n) is 10.3. The third-order valence-electron chi connectivity index (χ3n) is 5.62. The van der Waals surface area contributed by atoms with Crippen molar-refractivity contribution in [2.45, 2.75) is 32.4 Å².